The molecule has 2 N–H and O–H groups in total. The maximum absolute atomic E-state index is 14.5. The van der Waals surface area contributed by atoms with Crippen molar-refractivity contribution in [2.75, 3.05) is 0 Å². The highest BCUT2D eigenvalue weighted by atomic mass is 35.5. The Balaban J connectivity index is 1.47. The zero-order valence-corrected chi connectivity index (χ0v) is 18.2. The summed E-state index contributed by atoms with van der Waals surface area (Å²) in [5.41, 5.74) is -1.69. The number of rotatable bonds is 5. The predicted octanol–water partition coefficient (Wildman–Crippen LogP) is 2.14. The van der Waals surface area contributed by atoms with E-state index in [9.17, 15) is 32.3 Å². The molecule has 2 aromatic carbocycles. The van der Waals surface area contributed by atoms with Gasteiger partial charge < -0.3 is 10.2 Å². The second-order valence-corrected chi connectivity index (χ2v) is 8.50. The van der Waals surface area contributed by atoms with Gasteiger partial charge in [0.05, 0.1) is 11.0 Å². The molecule has 34 heavy (non-hydrogen) atoms. The maximum Gasteiger partial charge on any atom is 0.352 e. The third-order valence-corrected chi connectivity index (χ3v) is 6.08. The number of fused-ring (bicyclic) bond motifs is 1. The van der Waals surface area contributed by atoms with Gasteiger partial charge in [-0.25, -0.2) is 4.39 Å². The lowest BCUT2D eigenvalue weighted by Crippen LogP contribution is -2.63. The summed E-state index contributed by atoms with van der Waals surface area (Å²) >= 11 is 5.57. The number of amides is 4. The van der Waals surface area contributed by atoms with Gasteiger partial charge in [0.15, 0.2) is 0 Å². The number of carbonyl (C=O) groups is 4. The molecular weight excluding hydrogens is 474 g/mol. The number of alkyl halides is 2. The smallest absolute Gasteiger partial charge is 0.346 e. The summed E-state index contributed by atoms with van der Waals surface area (Å²) in [7, 11) is 6.16. The highest BCUT2D eigenvalue weighted by Crippen LogP contribution is 2.34. The summed E-state index contributed by atoms with van der Waals surface area (Å²) in [5.74, 6) is -8.94. The van der Waals surface area contributed by atoms with Gasteiger partial charge in [-0.15, -0.1) is 0 Å². The van der Waals surface area contributed by atoms with Gasteiger partial charge in [-0.1, -0.05) is 23.7 Å². The van der Waals surface area contributed by atoms with Crippen molar-refractivity contribution >= 4 is 43.1 Å². The second kappa shape index (κ2) is 8.46. The molecule has 1 fully saturated rings. The quantitative estimate of drug-likeness (QED) is 0.497. The molecule has 1 saturated heterocycles. The van der Waals surface area contributed by atoms with E-state index < -0.39 is 46.4 Å². The lowest BCUT2D eigenvalue weighted by Gasteiger charge is -2.40. The van der Waals surface area contributed by atoms with Gasteiger partial charge in [0.2, 0.25) is 11.8 Å². The Bertz CT molecular complexity index is 1240. The molecule has 4 amide bonds. The van der Waals surface area contributed by atoms with Gasteiger partial charge >= 0.3 is 5.92 Å². The summed E-state index contributed by atoms with van der Waals surface area (Å²) < 4.78 is 42.8. The molecule has 2 radical (unpaired) electrons. The molecule has 0 aliphatic carbocycles. The SMILES string of the molecule is [B][C@]1(N2Cc3cc(CNC(=O)C(F)(F)c4ccc(Cl)cc4F)ccc3C2=O)CCC(=O)NC1=O. The summed E-state index contributed by atoms with van der Waals surface area (Å²) in [6.07, 6.45) is -0.0707. The Morgan fingerprint density at radius 3 is 2.62 bits per heavy atom. The number of hydrogen-bond donors (Lipinski definition) is 2. The molecule has 174 valence electrons. The third kappa shape index (κ3) is 4.04. The van der Waals surface area contributed by atoms with Crippen molar-refractivity contribution in [3.8, 4) is 0 Å². The minimum Gasteiger partial charge on any atom is -0.346 e. The third-order valence-electron chi connectivity index (χ3n) is 5.84. The van der Waals surface area contributed by atoms with Crippen LogP contribution in [0.2, 0.25) is 5.02 Å². The molecule has 4 rings (SSSR count). The normalized spacial score (nSPS) is 20.2. The van der Waals surface area contributed by atoms with Crippen LogP contribution in [-0.4, -0.2) is 41.8 Å². The number of hydrogen-bond acceptors (Lipinski definition) is 4. The first-order valence-corrected chi connectivity index (χ1v) is 10.5. The number of benzene rings is 2. The Labute approximate surface area is 198 Å². The predicted molar refractivity (Wildman–Crippen MR) is 114 cm³/mol. The van der Waals surface area contributed by atoms with E-state index in [0.29, 0.717) is 17.2 Å². The molecule has 0 saturated carbocycles. The van der Waals surface area contributed by atoms with Gasteiger partial charge in [0.1, 0.15) is 13.7 Å². The summed E-state index contributed by atoms with van der Waals surface area (Å²) in [6.45, 7) is -0.367. The minimum absolute atomic E-state index is 0.0257. The first-order chi connectivity index (χ1) is 15.9. The summed E-state index contributed by atoms with van der Waals surface area (Å²) in [6, 6.07) is 6.89. The molecule has 2 aromatic rings. The fourth-order valence-electron chi connectivity index (χ4n) is 3.94. The van der Waals surface area contributed by atoms with Crippen molar-refractivity contribution in [1.82, 2.24) is 15.5 Å². The standard InChI is InChI=1S/C22H16BClF3N3O4/c23-21(6-5-17(31)29-19(21)33)30-10-12-7-11(1-3-14(12)18(30)32)9-28-20(34)22(26,27)15-4-2-13(24)8-16(15)25/h1-4,7-8H,5-6,9-10H2,(H,28,34)(H,29,31,33)/t21-/m0/s1. The van der Waals surface area contributed by atoms with Gasteiger partial charge in [-0.2, -0.15) is 8.78 Å². The second-order valence-electron chi connectivity index (χ2n) is 8.07. The Morgan fingerprint density at radius 2 is 1.94 bits per heavy atom. The number of nitrogens with zero attached hydrogens (tertiary/aromatic N) is 1. The maximum atomic E-state index is 14.5. The van der Waals surface area contributed by atoms with E-state index in [2.05, 4.69) is 10.6 Å². The molecule has 7 nitrogen and oxygen atoms in total. The van der Waals surface area contributed by atoms with Crippen molar-refractivity contribution in [1.29, 1.82) is 0 Å². The lowest BCUT2D eigenvalue weighted by atomic mass is 9.70. The van der Waals surface area contributed by atoms with E-state index in [0.717, 1.165) is 17.0 Å². The van der Waals surface area contributed by atoms with Crippen molar-refractivity contribution in [3.63, 3.8) is 0 Å². The number of nitrogens with one attached hydrogen (secondary N) is 2. The van der Waals surface area contributed by atoms with E-state index in [1.807, 2.05) is 0 Å². The zero-order valence-electron chi connectivity index (χ0n) is 17.5. The van der Waals surface area contributed by atoms with Crippen LogP contribution in [0.15, 0.2) is 36.4 Å². The molecular formula is C22H16BClF3N3O4. The Morgan fingerprint density at radius 1 is 1.21 bits per heavy atom. The molecule has 0 unspecified atom stereocenters. The number of piperidine rings is 1. The largest absolute Gasteiger partial charge is 0.352 e. The van der Waals surface area contributed by atoms with Crippen molar-refractivity contribution in [2.24, 2.45) is 0 Å². The highest BCUT2D eigenvalue weighted by Gasteiger charge is 2.48. The van der Waals surface area contributed by atoms with E-state index in [4.69, 9.17) is 19.4 Å². The number of carbonyl (C=O) groups excluding carboxylic acids is 4. The molecule has 0 bridgehead atoms. The zero-order chi connectivity index (χ0) is 24.8. The average molecular weight is 490 g/mol. The van der Waals surface area contributed by atoms with Crippen LogP contribution in [-0.2, 0) is 33.4 Å². The van der Waals surface area contributed by atoms with E-state index in [1.165, 1.54) is 18.2 Å². The van der Waals surface area contributed by atoms with Crippen LogP contribution in [0.5, 0.6) is 0 Å². The number of imide groups is 1. The number of halogens is 4. The minimum atomic E-state index is -4.14. The summed E-state index contributed by atoms with van der Waals surface area (Å²) in [4.78, 5) is 49.8. The monoisotopic (exact) mass is 489 g/mol. The van der Waals surface area contributed by atoms with Crippen LogP contribution in [0.4, 0.5) is 13.2 Å². The van der Waals surface area contributed by atoms with Crippen LogP contribution >= 0.6 is 11.6 Å². The van der Waals surface area contributed by atoms with Gasteiger partial charge in [0, 0.05) is 30.1 Å². The van der Waals surface area contributed by atoms with Crippen LogP contribution in [0, 0.1) is 5.82 Å². The van der Waals surface area contributed by atoms with Crippen LogP contribution in [0.25, 0.3) is 0 Å². The Kier molecular flexibility index (Phi) is 5.93. The fourth-order valence-corrected chi connectivity index (χ4v) is 4.10. The van der Waals surface area contributed by atoms with Crippen molar-refractivity contribution in [2.45, 2.75) is 37.3 Å². The molecule has 0 aromatic heterocycles. The van der Waals surface area contributed by atoms with Crippen LogP contribution in [0.3, 0.4) is 0 Å². The first-order valence-electron chi connectivity index (χ1n) is 10.1. The molecule has 2 heterocycles. The summed E-state index contributed by atoms with van der Waals surface area (Å²) in [5, 5.41) is 4.10. The van der Waals surface area contributed by atoms with Crippen molar-refractivity contribution in [3.05, 3.63) is 69.5 Å². The molecule has 12 heteroatoms. The lowest BCUT2D eigenvalue weighted by molar-refractivity contribution is -0.147. The van der Waals surface area contributed by atoms with E-state index in [1.54, 1.807) is 0 Å². The van der Waals surface area contributed by atoms with Crippen LogP contribution in [0.1, 0.15) is 39.9 Å². The molecule has 2 aliphatic rings. The van der Waals surface area contributed by atoms with Gasteiger partial charge in [-0.3, -0.25) is 24.5 Å². The van der Waals surface area contributed by atoms with Crippen molar-refractivity contribution < 1.29 is 32.3 Å². The topological polar surface area (TPSA) is 95.6 Å². The van der Waals surface area contributed by atoms with E-state index in [-0.39, 0.29) is 36.5 Å². The first kappa shape index (κ1) is 23.8. The molecule has 0 spiro atoms. The van der Waals surface area contributed by atoms with Crippen LogP contribution < -0.4 is 10.6 Å². The van der Waals surface area contributed by atoms with Gasteiger partial charge in [-0.05, 0) is 41.8 Å². The average Bonchev–Trinajstić information content (AvgIpc) is 3.11. The fraction of sp³-hybridized carbons (Fsp3) is 0.273. The molecule has 2 aliphatic heterocycles. The van der Waals surface area contributed by atoms with Gasteiger partial charge in [0.25, 0.3) is 11.8 Å². The van der Waals surface area contributed by atoms with E-state index >= 15 is 0 Å². The molecule has 1 atom stereocenters. The Hall–Kier alpha value is -3.34. The highest BCUT2D eigenvalue weighted by molar-refractivity contribution is 6.32.